The third-order valence-corrected chi connectivity index (χ3v) is 14.7. The molecule has 8 rings (SSSR count). The average Bonchev–Trinajstić information content (AvgIpc) is 3.63. The Bertz CT molecular complexity index is 2120. The number of anilines is 1. The van der Waals surface area contributed by atoms with Crippen molar-refractivity contribution in [1.29, 1.82) is 5.41 Å². The van der Waals surface area contributed by atoms with Crippen molar-refractivity contribution in [2.45, 2.75) is 115 Å². The van der Waals surface area contributed by atoms with Crippen molar-refractivity contribution >= 4 is 35.5 Å². The van der Waals surface area contributed by atoms with Crippen LogP contribution in [0.25, 0.3) is 0 Å². The number of piperidine rings is 2. The highest BCUT2D eigenvalue weighted by molar-refractivity contribution is 6.05. The number of imide groups is 1. The van der Waals surface area contributed by atoms with Gasteiger partial charge in [-0.05, 0) is 106 Å². The van der Waals surface area contributed by atoms with Crippen LogP contribution in [0.5, 0.6) is 5.75 Å². The van der Waals surface area contributed by atoms with Gasteiger partial charge in [-0.15, -0.1) is 0 Å². The monoisotopic (exact) mass is 886 g/mol. The first-order chi connectivity index (χ1) is 30.9. The first kappa shape index (κ1) is 45.6. The molecule has 6 N–H and O–H groups in total. The van der Waals surface area contributed by atoms with Crippen LogP contribution in [0.15, 0.2) is 41.6 Å². The van der Waals surface area contributed by atoms with Gasteiger partial charge in [0.1, 0.15) is 18.0 Å². The number of benzene rings is 2. The lowest BCUT2D eigenvalue weighted by molar-refractivity contribution is -0.137. The lowest BCUT2D eigenvalue weighted by Crippen LogP contribution is -2.53. The number of likely N-dealkylation sites (tertiary alicyclic amines) is 1. The van der Waals surface area contributed by atoms with Gasteiger partial charge in [0.05, 0.1) is 13.2 Å². The smallest absolute Gasteiger partial charge is 0.264 e. The van der Waals surface area contributed by atoms with Gasteiger partial charge >= 0.3 is 0 Å². The predicted octanol–water partition coefficient (Wildman–Crippen LogP) is 4.82. The molecule has 2 aromatic carbocycles. The predicted molar refractivity (Wildman–Crippen MR) is 240 cm³/mol. The largest absolute Gasteiger partial charge is 0.493 e. The summed E-state index contributed by atoms with van der Waals surface area (Å²) in [4.78, 5) is 58.2. The average molecular weight is 886 g/mol. The van der Waals surface area contributed by atoms with Crippen LogP contribution in [-0.2, 0) is 27.3 Å². The number of rotatable bonds is 15. The molecule has 0 bridgehead atoms. The normalized spacial score (nSPS) is 24.4. The zero-order valence-corrected chi connectivity index (χ0v) is 37.3. The minimum atomic E-state index is -2.69. The van der Waals surface area contributed by atoms with Crippen molar-refractivity contribution in [2.75, 3.05) is 64.4 Å². The molecular formula is C48H65F2N9O5. The van der Waals surface area contributed by atoms with E-state index in [1.54, 1.807) is 31.0 Å². The molecule has 5 aliphatic heterocycles. The lowest BCUT2D eigenvalue weighted by Gasteiger charge is -2.42. The second kappa shape index (κ2) is 20.1. The number of halogens is 2. The molecule has 3 fully saturated rings. The molecule has 2 saturated heterocycles. The number of alkyl halides is 2. The van der Waals surface area contributed by atoms with Crippen molar-refractivity contribution in [1.82, 2.24) is 30.7 Å². The molecule has 64 heavy (non-hydrogen) atoms. The molecule has 346 valence electrons. The van der Waals surface area contributed by atoms with E-state index in [1.165, 1.54) is 6.21 Å². The van der Waals surface area contributed by atoms with E-state index in [4.69, 9.17) is 15.9 Å². The Morgan fingerprint density at radius 1 is 0.969 bits per heavy atom. The van der Waals surface area contributed by atoms with Crippen molar-refractivity contribution < 1.29 is 32.7 Å². The highest BCUT2D eigenvalue weighted by atomic mass is 19.3. The van der Waals surface area contributed by atoms with E-state index >= 15 is 0 Å². The molecule has 16 heteroatoms. The number of nitrogens with two attached hydrogens (primary N) is 1. The van der Waals surface area contributed by atoms with Gasteiger partial charge in [0, 0.05) is 117 Å². The van der Waals surface area contributed by atoms with E-state index in [1.807, 2.05) is 28.0 Å². The summed E-state index contributed by atoms with van der Waals surface area (Å²) in [6.07, 6.45) is 7.15. The molecule has 0 radical (unpaired) electrons. The Balaban J connectivity index is 0.842. The highest BCUT2D eigenvalue weighted by Gasteiger charge is 2.41. The van der Waals surface area contributed by atoms with Gasteiger partial charge in [-0.2, -0.15) is 0 Å². The number of fused-ring (bicyclic) bond motifs is 2. The van der Waals surface area contributed by atoms with E-state index in [0.717, 1.165) is 93.4 Å². The van der Waals surface area contributed by atoms with Crippen molar-refractivity contribution in [3.05, 3.63) is 69.4 Å². The van der Waals surface area contributed by atoms with Crippen LogP contribution in [0.3, 0.4) is 0 Å². The number of hydrogen-bond acceptors (Lipinski definition) is 11. The van der Waals surface area contributed by atoms with Gasteiger partial charge < -0.3 is 46.1 Å². The van der Waals surface area contributed by atoms with E-state index < -0.39 is 30.5 Å². The van der Waals surface area contributed by atoms with E-state index in [0.29, 0.717) is 86.6 Å². The number of amides is 4. The molecule has 3 unspecified atom stereocenters. The first-order valence-electron chi connectivity index (χ1n) is 23.4. The number of nitrogens with zero attached hydrogens (tertiary/aromatic N) is 4. The number of carbonyl (C=O) groups excluding carboxylic acids is 4. The van der Waals surface area contributed by atoms with Crippen molar-refractivity contribution in [3.8, 4) is 5.75 Å². The van der Waals surface area contributed by atoms with Crippen molar-refractivity contribution in [2.24, 2.45) is 17.6 Å². The SMILES string of the molecule is CNCC(C=N)c1cc2c(cc1C(F)F)N(C(N)C1=C(NC3CCN(CC4CCC(COc5cccc6c5CN(C5CCC(=O)NC5=O)C6=O)CC4)CC3)CCN(C(C)=O)C1)CCC2. The van der Waals surface area contributed by atoms with Crippen LogP contribution >= 0.6 is 0 Å². The summed E-state index contributed by atoms with van der Waals surface area (Å²) < 4.78 is 35.6. The number of nitrogens with one attached hydrogen (secondary N) is 4. The maximum absolute atomic E-state index is 14.6. The fraction of sp³-hybridized carbons (Fsp3) is 0.604. The van der Waals surface area contributed by atoms with E-state index in [-0.39, 0.29) is 35.7 Å². The molecule has 3 atom stereocenters. The standard InChI is InChI=1S/C48H65F2N9O5/c1-29(60)57-20-16-40(39(26-57)46(52)58-17-4-5-32-21-36(33(23-51)24-53-2)37(45(49)50)22-42(32)58)54-34-14-18-56(19-15-34)25-30-8-10-31(11-9-30)28-64-43-7-3-6-35-38(43)27-59(48(35)63)41-12-13-44(61)55-47(41)62/h3,6-7,21-23,30-31,33-34,41,45-46,51,53-54H,4-5,8-20,24-28,52H2,1-2H3,(H,55,61,62). The number of ether oxygens (including phenoxy) is 1. The van der Waals surface area contributed by atoms with Gasteiger partial charge in [0.2, 0.25) is 17.7 Å². The maximum Gasteiger partial charge on any atom is 0.264 e. The molecule has 4 amide bonds. The fourth-order valence-corrected chi connectivity index (χ4v) is 11.0. The Kier molecular flexibility index (Phi) is 14.3. The third-order valence-electron chi connectivity index (χ3n) is 14.7. The highest BCUT2D eigenvalue weighted by Crippen LogP contribution is 2.40. The van der Waals surface area contributed by atoms with Crippen LogP contribution < -0.4 is 31.3 Å². The van der Waals surface area contributed by atoms with E-state index in [2.05, 4.69) is 20.9 Å². The summed E-state index contributed by atoms with van der Waals surface area (Å²) in [5.74, 6) is 0.364. The van der Waals surface area contributed by atoms with Crippen LogP contribution in [0, 0.1) is 17.2 Å². The van der Waals surface area contributed by atoms with Gasteiger partial charge in [0.25, 0.3) is 12.3 Å². The van der Waals surface area contributed by atoms with Crippen LogP contribution in [0.2, 0.25) is 0 Å². The molecule has 5 heterocycles. The second-order valence-electron chi connectivity index (χ2n) is 18.8. The van der Waals surface area contributed by atoms with E-state index in [9.17, 15) is 28.0 Å². The van der Waals surface area contributed by atoms with Crippen LogP contribution in [0.1, 0.15) is 116 Å². The summed E-state index contributed by atoms with van der Waals surface area (Å²) in [5, 5.41) is 17.2. The lowest BCUT2D eigenvalue weighted by atomic mass is 9.82. The summed E-state index contributed by atoms with van der Waals surface area (Å²) in [6, 6.07) is 8.59. The Labute approximate surface area is 375 Å². The second-order valence-corrected chi connectivity index (χ2v) is 18.8. The number of likely N-dealkylation sites (N-methyl/N-ethyl adjacent to an activating group) is 1. The van der Waals surface area contributed by atoms with Gasteiger partial charge in [-0.25, -0.2) is 8.78 Å². The molecule has 6 aliphatic rings. The third kappa shape index (κ3) is 9.83. The van der Waals surface area contributed by atoms with Gasteiger partial charge in [-0.3, -0.25) is 24.5 Å². The summed E-state index contributed by atoms with van der Waals surface area (Å²) in [5.41, 5.74) is 12.6. The topological polar surface area (TPSA) is 176 Å². The Morgan fingerprint density at radius 3 is 2.44 bits per heavy atom. The Hall–Kier alpha value is -4.93. The number of hydrogen-bond donors (Lipinski definition) is 5. The molecule has 1 saturated carbocycles. The van der Waals surface area contributed by atoms with Crippen molar-refractivity contribution in [3.63, 3.8) is 0 Å². The Morgan fingerprint density at radius 2 is 1.73 bits per heavy atom. The minimum Gasteiger partial charge on any atom is -0.493 e. The summed E-state index contributed by atoms with van der Waals surface area (Å²) in [7, 11) is 1.76. The summed E-state index contributed by atoms with van der Waals surface area (Å²) in [6.45, 7) is 7.53. The molecule has 14 nitrogen and oxygen atoms in total. The molecule has 2 aromatic rings. The summed E-state index contributed by atoms with van der Waals surface area (Å²) >= 11 is 0. The molecule has 1 aliphatic carbocycles. The van der Waals surface area contributed by atoms with Crippen LogP contribution in [0.4, 0.5) is 14.5 Å². The zero-order valence-electron chi connectivity index (χ0n) is 37.3. The molecule has 0 spiro atoms. The molecule has 0 aromatic heterocycles. The quantitative estimate of drug-likeness (QED) is 0.123. The molecular weight excluding hydrogens is 821 g/mol. The van der Waals surface area contributed by atoms with Gasteiger partial charge in [0.15, 0.2) is 0 Å². The zero-order chi connectivity index (χ0) is 45.1. The van der Waals surface area contributed by atoms with Gasteiger partial charge in [-0.1, -0.05) is 12.1 Å². The maximum atomic E-state index is 14.6. The fourth-order valence-electron chi connectivity index (χ4n) is 11.0. The minimum absolute atomic E-state index is 0.0124. The first-order valence-corrected chi connectivity index (χ1v) is 23.4. The number of carbonyl (C=O) groups is 4. The van der Waals surface area contributed by atoms with Crippen LogP contribution in [-0.4, -0.2) is 122 Å². The number of aryl methyl sites for hydroxylation is 1.